The fraction of sp³-hybridized carbons (Fsp3) is 0.0870. The van der Waals surface area contributed by atoms with Gasteiger partial charge in [-0.1, -0.05) is 36.2 Å². The van der Waals surface area contributed by atoms with E-state index in [1.807, 2.05) is 18.2 Å². The number of rotatable bonds is 4. The minimum Gasteiger partial charge on any atom is -0.507 e. The topological polar surface area (TPSA) is 87.4 Å². The lowest BCUT2D eigenvalue weighted by molar-refractivity contribution is 0.0978. The van der Waals surface area contributed by atoms with Crippen molar-refractivity contribution >= 4 is 63.2 Å². The molecule has 0 aliphatic heterocycles. The van der Waals surface area contributed by atoms with Crippen LogP contribution in [0.5, 0.6) is 5.75 Å². The molecule has 0 spiro atoms. The SMILES string of the molecule is CCc1ccc2oc(-c3ccc(NC(=S)NC(=O)c4cc(Cl)ccc4Cl)cc3O)nc2c1. The molecular weight excluding hydrogens is 469 g/mol. The number of hydrogen-bond donors (Lipinski definition) is 3. The maximum atomic E-state index is 12.4. The maximum Gasteiger partial charge on any atom is 0.258 e. The van der Waals surface area contributed by atoms with Crippen molar-refractivity contribution in [1.82, 2.24) is 10.3 Å². The van der Waals surface area contributed by atoms with Crippen molar-refractivity contribution in [3.63, 3.8) is 0 Å². The summed E-state index contributed by atoms with van der Waals surface area (Å²) in [6.07, 6.45) is 0.893. The van der Waals surface area contributed by atoms with Gasteiger partial charge in [-0.3, -0.25) is 10.1 Å². The summed E-state index contributed by atoms with van der Waals surface area (Å²) in [6, 6.07) is 15.2. The Bertz CT molecular complexity index is 1350. The number of aryl methyl sites for hydroxylation is 1. The molecule has 0 aliphatic carbocycles. The van der Waals surface area contributed by atoms with Gasteiger partial charge in [0.15, 0.2) is 10.7 Å². The largest absolute Gasteiger partial charge is 0.507 e. The lowest BCUT2D eigenvalue weighted by Gasteiger charge is -2.11. The zero-order chi connectivity index (χ0) is 22.8. The summed E-state index contributed by atoms with van der Waals surface area (Å²) in [5.41, 5.74) is 3.62. The second-order valence-corrected chi connectivity index (χ2v) is 8.19. The van der Waals surface area contributed by atoms with Crippen molar-refractivity contribution in [2.24, 2.45) is 0 Å². The van der Waals surface area contributed by atoms with Gasteiger partial charge < -0.3 is 14.8 Å². The van der Waals surface area contributed by atoms with E-state index in [-0.39, 0.29) is 21.4 Å². The average Bonchev–Trinajstić information content (AvgIpc) is 3.18. The molecule has 4 aromatic rings. The number of phenolic OH excluding ortho intramolecular Hbond substituents is 1. The van der Waals surface area contributed by atoms with Crippen LogP contribution in [-0.4, -0.2) is 21.1 Å². The number of nitrogens with one attached hydrogen (secondary N) is 2. The summed E-state index contributed by atoms with van der Waals surface area (Å²) in [7, 11) is 0. The van der Waals surface area contributed by atoms with Gasteiger partial charge in [0.25, 0.3) is 5.91 Å². The molecule has 0 unspecified atom stereocenters. The zero-order valence-corrected chi connectivity index (χ0v) is 19.1. The number of thiocarbonyl (C=S) groups is 1. The number of aromatic hydroxyl groups is 1. The van der Waals surface area contributed by atoms with E-state index in [1.165, 1.54) is 18.2 Å². The van der Waals surface area contributed by atoms with Crippen molar-refractivity contribution in [2.75, 3.05) is 5.32 Å². The summed E-state index contributed by atoms with van der Waals surface area (Å²) in [6.45, 7) is 2.07. The standard InChI is InChI=1S/C23H17Cl2N3O3S/c1-2-12-3-8-20-18(9-12)27-22(31-20)15-6-5-14(11-19(15)29)26-23(32)28-21(30)16-10-13(24)4-7-17(16)25/h3-11,29H,2H2,1H3,(H2,26,28,30,32). The second-order valence-electron chi connectivity index (χ2n) is 6.94. The number of amides is 1. The molecule has 0 bridgehead atoms. The van der Waals surface area contributed by atoms with Crippen molar-refractivity contribution in [1.29, 1.82) is 0 Å². The summed E-state index contributed by atoms with van der Waals surface area (Å²) in [5, 5.41) is 16.6. The minimum absolute atomic E-state index is 0.0344. The summed E-state index contributed by atoms with van der Waals surface area (Å²) in [5.74, 6) is -0.248. The Labute approximate surface area is 199 Å². The van der Waals surface area contributed by atoms with Gasteiger partial charge in [0.05, 0.1) is 16.1 Å². The van der Waals surface area contributed by atoms with E-state index in [4.69, 9.17) is 39.8 Å². The van der Waals surface area contributed by atoms with Crippen LogP contribution in [-0.2, 0) is 6.42 Å². The summed E-state index contributed by atoms with van der Waals surface area (Å²) < 4.78 is 5.78. The number of halogens is 2. The van der Waals surface area contributed by atoms with Crippen molar-refractivity contribution < 1.29 is 14.3 Å². The highest BCUT2D eigenvalue weighted by atomic mass is 35.5. The number of aromatic nitrogens is 1. The molecule has 32 heavy (non-hydrogen) atoms. The Hall–Kier alpha value is -3.13. The molecular formula is C23H17Cl2N3O3S. The molecule has 0 saturated heterocycles. The summed E-state index contributed by atoms with van der Waals surface area (Å²) >= 11 is 17.2. The molecule has 0 atom stereocenters. The monoisotopic (exact) mass is 485 g/mol. The molecule has 162 valence electrons. The fourth-order valence-corrected chi connectivity index (χ4v) is 3.69. The van der Waals surface area contributed by atoms with E-state index in [2.05, 4.69) is 22.5 Å². The van der Waals surface area contributed by atoms with E-state index in [0.717, 1.165) is 17.5 Å². The van der Waals surface area contributed by atoms with E-state index < -0.39 is 5.91 Å². The third-order valence-corrected chi connectivity index (χ3v) is 5.52. The zero-order valence-electron chi connectivity index (χ0n) is 16.8. The van der Waals surface area contributed by atoms with Crippen LogP contribution in [0, 0.1) is 0 Å². The number of fused-ring (bicyclic) bond motifs is 1. The molecule has 1 aromatic heterocycles. The van der Waals surface area contributed by atoms with Crippen molar-refractivity contribution in [2.45, 2.75) is 13.3 Å². The summed E-state index contributed by atoms with van der Waals surface area (Å²) in [4.78, 5) is 16.9. The molecule has 3 aromatic carbocycles. The van der Waals surface area contributed by atoms with E-state index in [0.29, 0.717) is 27.7 Å². The number of anilines is 1. The number of nitrogens with zero attached hydrogens (tertiary/aromatic N) is 1. The van der Waals surface area contributed by atoms with Crippen LogP contribution in [0.15, 0.2) is 59.0 Å². The molecule has 0 fully saturated rings. The third kappa shape index (κ3) is 4.70. The van der Waals surface area contributed by atoms with Gasteiger partial charge in [-0.2, -0.15) is 0 Å². The molecule has 1 heterocycles. The lowest BCUT2D eigenvalue weighted by atomic mass is 10.1. The molecule has 0 saturated carbocycles. The Balaban J connectivity index is 1.49. The van der Waals surface area contributed by atoms with E-state index in [9.17, 15) is 9.90 Å². The lowest BCUT2D eigenvalue weighted by Crippen LogP contribution is -2.34. The van der Waals surface area contributed by atoms with Crippen LogP contribution >= 0.6 is 35.4 Å². The van der Waals surface area contributed by atoms with E-state index in [1.54, 1.807) is 18.2 Å². The molecule has 0 aliphatic rings. The van der Waals surface area contributed by atoms with Crippen LogP contribution in [0.25, 0.3) is 22.6 Å². The maximum absolute atomic E-state index is 12.4. The Kier molecular flexibility index (Phi) is 6.32. The third-order valence-electron chi connectivity index (χ3n) is 4.75. The van der Waals surface area contributed by atoms with Crippen LogP contribution in [0.3, 0.4) is 0 Å². The highest BCUT2D eigenvalue weighted by molar-refractivity contribution is 7.80. The van der Waals surface area contributed by atoms with Gasteiger partial charge in [-0.15, -0.1) is 0 Å². The van der Waals surface area contributed by atoms with Crippen LogP contribution in [0.4, 0.5) is 5.69 Å². The van der Waals surface area contributed by atoms with Gasteiger partial charge >= 0.3 is 0 Å². The van der Waals surface area contributed by atoms with Gasteiger partial charge in [0.2, 0.25) is 5.89 Å². The number of carbonyl (C=O) groups excluding carboxylic acids is 1. The molecule has 0 radical (unpaired) electrons. The van der Waals surface area contributed by atoms with Crippen molar-refractivity contribution in [3.05, 3.63) is 75.8 Å². The minimum atomic E-state index is -0.506. The van der Waals surface area contributed by atoms with Crippen LogP contribution < -0.4 is 10.6 Å². The first-order valence-corrected chi connectivity index (χ1v) is 10.8. The number of benzene rings is 3. The number of carbonyl (C=O) groups is 1. The molecule has 1 amide bonds. The Morgan fingerprint density at radius 1 is 1.12 bits per heavy atom. The first-order valence-electron chi connectivity index (χ1n) is 9.64. The van der Waals surface area contributed by atoms with Crippen LogP contribution in [0.1, 0.15) is 22.8 Å². The number of phenols is 1. The van der Waals surface area contributed by atoms with Gasteiger partial charge in [0.1, 0.15) is 11.3 Å². The van der Waals surface area contributed by atoms with E-state index >= 15 is 0 Å². The van der Waals surface area contributed by atoms with Crippen molar-refractivity contribution in [3.8, 4) is 17.2 Å². The molecule has 3 N–H and O–H groups in total. The highest BCUT2D eigenvalue weighted by Gasteiger charge is 2.15. The quantitative estimate of drug-likeness (QED) is 0.298. The average molecular weight is 486 g/mol. The van der Waals surface area contributed by atoms with Gasteiger partial charge in [-0.25, -0.2) is 4.98 Å². The normalized spacial score (nSPS) is 10.8. The predicted octanol–water partition coefficient (Wildman–Crippen LogP) is 6.20. The Morgan fingerprint density at radius 3 is 2.69 bits per heavy atom. The first kappa shape index (κ1) is 22.1. The van der Waals surface area contributed by atoms with Gasteiger partial charge in [-0.05, 0) is 66.7 Å². The Morgan fingerprint density at radius 2 is 1.94 bits per heavy atom. The van der Waals surface area contributed by atoms with Crippen LogP contribution in [0.2, 0.25) is 10.0 Å². The predicted molar refractivity (Wildman–Crippen MR) is 131 cm³/mol. The fourth-order valence-electron chi connectivity index (χ4n) is 3.10. The number of hydrogen-bond acceptors (Lipinski definition) is 5. The molecule has 9 heteroatoms. The second kappa shape index (κ2) is 9.16. The van der Waals surface area contributed by atoms with Gasteiger partial charge in [0, 0.05) is 16.8 Å². The molecule has 4 rings (SSSR count). The first-order chi connectivity index (χ1) is 15.3. The smallest absolute Gasteiger partial charge is 0.258 e. The highest BCUT2D eigenvalue weighted by Crippen LogP contribution is 2.33. The number of oxazole rings is 1. The molecule has 6 nitrogen and oxygen atoms in total.